The smallest absolute Gasteiger partial charge is 0.211 e. The Labute approximate surface area is 217 Å². The second kappa shape index (κ2) is 11.4. The summed E-state index contributed by atoms with van der Waals surface area (Å²) in [5.74, 6) is 0. The van der Waals surface area contributed by atoms with Gasteiger partial charge in [-0.05, 0) is 73.0 Å². The molecule has 0 spiro atoms. The summed E-state index contributed by atoms with van der Waals surface area (Å²) < 4.78 is 2.35. The molecule has 1 N–H and O–H groups in total. The van der Waals surface area contributed by atoms with Gasteiger partial charge in [0.15, 0.2) is 18.3 Å². The fourth-order valence-electron chi connectivity index (χ4n) is 6.11. The molecular weight excluding hydrogens is 442 g/mol. The largest absolute Gasteiger partial charge is 0.327 e. The number of carbonyl (C=O) groups excluding carboxylic acids is 1. The maximum absolute atomic E-state index is 11.1. The van der Waals surface area contributed by atoms with Crippen molar-refractivity contribution in [3.8, 4) is 0 Å². The van der Waals surface area contributed by atoms with Gasteiger partial charge in [0, 0.05) is 31.5 Å². The van der Waals surface area contributed by atoms with E-state index in [0.29, 0.717) is 0 Å². The van der Waals surface area contributed by atoms with Gasteiger partial charge in [0.05, 0.1) is 5.70 Å². The van der Waals surface area contributed by atoms with E-state index in [2.05, 4.69) is 110 Å². The third kappa shape index (κ3) is 5.39. The van der Waals surface area contributed by atoms with Crippen LogP contribution in [0, 0.1) is 6.92 Å². The summed E-state index contributed by atoms with van der Waals surface area (Å²) in [4.78, 5) is 13.7. The van der Waals surface area contributed by atoms with Gasteiger partial charge in [-0.2, -0.15) is 0 Å². The van der Waals surface area contributed by atoms with Gasteiger partial charge in [0.1, 0.15) is 0 Å². The molecule has 0 aliphatic carbocycles. The highest BCUT2D eigenvalue weighted by Gasteiger charge is 2.36. The molecule has 2 aliphatic rings. The molecule has 4 heteroatoms. The number of piperidine rings is 1. The normalized spacial score (nSPS) is 21.0. The summed E-state index contributed by atoms with van der Waals surface area (Å²) in [6, 6.07) is 15.8. The summed E-state index contributed by atoms with van der Waals surface area (Å²) in [6.45, 7) is 16.6. The van der Waals surface area contributed by atoms with E-state index >= 15 is 0 Å². The van der Waals surface area contributed by atoms with Crippen molar-refractivity contribution in [1.82, 2.24) is 10.2 Å². The van der Waals surface area contributed by atoms with Crippen LogP contribution in [-0.4, -0.2) is 41.2 Å². The van der Waals surface area contributed by atoms with Crippen molar-refractivity contribution in [3.63, 3.8) is 0 Å². The molecule has 0 aromatic heterocycles. The van der Waals surface area contributed by atoms with Crippen LogP contribution in [0.25, 0.3) is 6.08 Å². The number of benzene rings is 2. The number of nitrogens with one attached hydrogen (secondary N) is 1. The predicted molar refractivity (Wildman–Crippen MR) is 150 cm³/mol. The molecule has 4 rings (SSSR count). The fraction of sp³-hybridized carbons (Fsp3) is 0.438. The Morgan fingerprint density at radius 3 is 2.61 bits per heavy atom. The molecule has 1 fully saturated rings. The minimum absolute atomic E-state index is 0.0620. The molecule has 2 aliphatic heterocycles. The van der Waals surface area contributed by atoms with E-state index in [0.717, 1.165) is 44.6 Å². The molecule has 0 radical (unpaired) electrons. The minimum Gasteiger partial charge on any atom is -0.327 e. The van der Waals surface area contributed by atoms with Crippen molar-refractivity contribution in [2.45, 2.75) is 77.4 Å². The van der Waals surface area contributed by atoms with Crippen LogP contribution in [0.5, 0.6) is 0 Å². The highest BCUT2D eigenvalue weighted by Crippen LogP contribution is 2.41. The van der Waals surface area contributed by atoms with E-state index < -0.39 is 0 Å². The van der Waals surface area contributed by atoms with E-state index in [9.17, 15) is 4.79 Å². The summed E-state index contributed by atoms with van der Waals surface area (Å²) in [5.41, 5.74) is 7.90. The Bertz CT molecular complexity index is 1140. The molecule has 2 bridgehead atoms. The van der Waals surface area contributed by atoms with Crippen LogP contribution in [0.3, 0.4) is 0 Å². The number of amides is 1. The maximum atomic E-state index is 11.1. The first-order valence-electron chi connectivity index (χ1n) is 13.5. The molecular formula is C32H42N3O+. The molecule has 1 saturated heterocycles. The molecule has 36 heavy (non-hydrogen) atoms. The molecule has 2 atom stereocenters. The number of likely N-dealkylation sites (tertiary alicyclic amines) is 1. The lowest BCUT2D eigenvalue weighted by Crippen LogP contribution is -2.41. The number of rotatable bonds is 9. The van der Waals surface area contributed by atoms with Gasteiger partial charge in [-0.15, -0.1) is 0 Å². The average Bonchev–Trinajstić information content (AvgIpc) is 2.88. The number of fused-ring (bicyclic) bond motifs is 2. The zero-order chi connectivity index (χ0) is 25.7. The highest BCUT2D eigenvalue weighted by atomic mass is 16.1. The summed E-state index contributed by atoms with van der Waals surface area (Å²) >= 11 is 0. The monoisotopic (exact) mass is 484 g/mol. The first-order valence-corrected chi connectivity index (χ1v) is 13.5. The quantitative estimate of drug-likeness (QED) is 0.342. The Balaban J connectivity index is 1.59. The van der Waals surface area contributed by atoms with E-state index in [1.807, 2.05) is 0 Å². The molecule has 190 valence electrons. The van der Waals surface area contributed by atoms with Gasteiger partial charge in [-0.25, -0.2) is 4.58 Å². The second-order valence-electron chi connectivity index (χ2n) is 10.8. The van der Waals surface area contributed by atoms with Crippen molar-refractivity contribution in [3.05, 3.63) is 88.6 Å². The van der Waals surface area contributed by atoms with Gasteiger partial charge in [-0.3, -0.25) is 9.69 Å². The second-order valence-corrected chi connectivity index (χ2v) is 10.8. The van der Waals surface area contributed by atoms with E-state index in [-0.39, 0.29) is 17.5 Å². The summed E-state index contributed by atoms with van der Waals surface area (Å²) in [6.07, 6.45) is 11.7. The van der Waals surface area contributed by atoms with Crippen LogP contribution in [0.4, 0.5) is 0 Å². The van der Waals surface area contributed by atoms with Crippen LogP contribution in [0.2, 0.25) is 0 Å². The van der Waals surface area contributed by atoms with Crippen LogP contribution in [-0.2, 0) is 16.8 Å². The first kappa shape index (κ1) is 26.1. The van der Waals surface area contributed by atoms with Crippen molar-refractivity contribution < 1.29 is 9.37 Å². The first-order chi connectivity index (χ1) is 17.4. The fourth-order valence-corrected chi connectivity index (χ4v) is 6.11. The van der Waals surface area contributed by atoms with E-state index in [4.69, 9.17) is 0 Å². The molecule has 4 nitrogen and oxygen atoms in total. The van der Waals surface area contributed by atoms with Crippen molar-refractivity contribution in [1.29, 1.82) is 0 Å². The maximum Gasteiger partial charge on any atom is 0.211 e. The Morgan fingerprint density at radius 2 is 1.94 bits per heavy atom. The van der Waals surface area contributed by atoms with Gasteiger partial charge in [0.2, 0.25) is 6.41 Å². The molecule has 1 amide bonds. The molecule has 2 unspecified atom stereocenters. The predicted octanol–water partition coefficient (Wildman–Crippen LogP) is 6.15. The van der Waals surface area contributed by atoms with Gasteiger partial charge in [0.25, 0.3) is 0 Å². The molecule has 2 heterocycles. The van der Waals surface area contributed by atoms with E-state index in [1.54, 1.807) is 0 Å². The van der Waals surface area contributed by atoms with Gasteiger partial charge < -0.3 is 5.32 Å². The van der Waals surface area contributed by atoms with Crippen LogP contribution in [0.15, 0.2) is 60.8 Å². The minimum atomic E-state index is 0.0620. The molecule has 2 aromatic rings. The van der Waals surface area contributed by atoms with Crippen LogP contribution < -0.4 is 5.32 Å². The zero-order valence-electron chi connectivity index (χ0n) is 22.5. The lowest BCUT2D eigenvalue weighted by atomic mass is 9.71. The van der Waals surface area contributed by atoms with Crippen molar-refractivity contribution >= 4 is 18.7 Å². The van der Waals surface area contributed by atoms with Gasteiger partial charge in [-0.1, -0.05) is 62.9 Å². The average molecular weight is 485 g/mol. The Kier molecular flexibility index (Phi) is 8.25. The summed E-state index contributed by atoms with van der Waals surface area (Å²) in [5, 5.41) is 2.82. The number of hydrogen-bond acceptors (Lipinski definition) is 2. The molecule has 0 saturated carbocycles. The van der Waals surface area contributed by atoms with E-state index in [1.165, 1.54) is 40.7 Å². The Morgan fingerprint density at radius 1 is 1.22 bits per heavy atom. The SMILES string of the molecule is C=C(NC=O)C(CCC)[N+]1=C/C=C\c2c(C3(C)CCN(Cc4ccccc4)CC3)ccc(c2C)C1C. The van der Waals surface area contributed by atoms with Crippen LogP contribution in [0.1, 0.15) is 80.3 Å². The number of hydrogen-bond donors (Lipinski definition) is 1. The number of carbonyl (C=O) groups is 1. The van der Waals surface area contributed by atoms with Crippen molar-refractivity contribution in [2.24, 2.45) is 0 Å². The van der Waals surface area contributed by atoms with Crippen LogP contribution >= 0.6 is 0 Å². The van der Waals surface area contributed by atoms with Crippen molar-refractivity contribution in [2.75, 3.05) is 13.1 Å². The third-order valence-corrected chi connectivity index (χ3v) is 8.40. The Hall–Kier alpha value is -2.98. The number of nitrogens with zero attached hydrogens (tertiary/aromatic N) is 2. The highest BCUT2D eigenvalue weighted by molar-refractivity contribution is 5.78. The summed E-state index contributed by atoms with van der Waals surface area (Å²) in [7, 11) is 0. The van der Waals surface area contributed by atoms with Gasteiger partial charge >= 0.3 is 0 Å². The standard InChI is InChI=1S/C32H41N3O/c1-6-11-31(25(3)33-23-36)35-19-10-14-29-24(2)28(26(35)4)15-16-30(29)32(5)17-20-34(21-18-32)22-27-12-8-7-9-13-27/h7-10,12-16,19,23,26,31H,3,6,11,17-18,20-22H2,1-2,4-5H3/p+1/b14-10-,35-19?. The molecule has 2 aromatic carbocycles. The zero-order valence-corrected chi connectivity index (χ0v) is 22.5. The number of allylic oxidation sites excluding steroid dienone is 1. The lowest BCUT2D eigenvalue weighted by Gasteiger charge is -2.41. The topological polar surface area (TPSA) is 35.4 Å². The third-order valence-electron chi connectivity index (χ3n) is 8.40. The lowest BCUT2D eigenvalue weighted by molar-refractivity contribution is -0.592.